The molecule has 0 aromatic rings. The van der Waals surface area contributed by atoms with E-state index in [1.165, 1.54) is 7.11 Å². The Balaban J connectivity index is 3.12. The second kappa shape index (κ2) is 5.63. The Hall–Kier alpha value is -1.52. The number of carbonyl (C=O) groups excluding carboxylic acids is 4. The smallest absolute Gasteiger partial charge is 0.316 e. The van der Waals surface area contributed by atoms with Crippen LogP contribution in [0.4, 0.5) is 0 Å². The Morgan fingerprint density at radius 2 is 1.89 bits per heavy atom. The van der Waals surface area contributed by atoms with Crippen LogP contribution in [0.1, 0.15) is 40.0 Å². The zero-order chi connectivity index (χ0) is 14.8. The van der Waals surface area contributed by atoms with Crippen molar-refractivity contribution in [1.82, 2.24) is 0 Å². The van der Waals surface area contributed by atoms with E-state index < -0.39 is 29.0 Å². The SMILES string of the molecule is CCCC(=O)[C@@H]1C(=O)CC(C)(C)[C@@H](C(=O)OC)C1=O. The van der Waals surface area contributed by atoms with Crippen molar-refractivity contribution < 1.29 is 23.9 Å². The molecule has 1 saturated carbocycles. The van der Waals surface area contributed by atoms with E-state index in [9.17, 15) is 19.2 Å². The fourth-order valence-corrected chi connectivity index (χ4v) is 2.65. The third kappa shape index (κ3) is 2.91. The van der Waals surface area contributed by atoms with E-state index in [0.717, 1.165) is 0 Å². The van der Waals surface area contributed by atoms with Crippen molar-refractivity contribution in [3.05, 3.63) is 0 Å². The van der Waals surface area contributed by atoms with Crippen LogP contribution in [0.2, 0.25) is 0 Å². The maximum atomic E-state index is 12.3. The first-order valence-corrected chi connectivity index (χ1v) is 6.43. The van der Waals surface area contributed by atoms with Gasteiger partial charge in [0.2, 0.25) is 0 Å². The lowest BCUT2D eigenvalue weighted by Crippen LogP contribution is -2.51. The zero-order valence-corrected chi connectivity index (χ0v) is 11.8. The molecule has 1 fully saturated rings. The van der Waals surface area contributed by atoms with Crippen molar-refractivity contribution in [3.63, 3.8) is 0 Å². The number of carbonyl (C=O) groups is 4. The predicted octanol–water partition coefficient (Wildman–Crippen LogP) is 1.33. The van der Waals surface area contributed by atoms with Gasteiger partial charge in [0.15, 0.2) is 17.3 Å². The van der Waals surface area contributed by atoms with E-state index in [-0.39, 0.29) is 24.4 Å². The molecule has 1 rings (SSSR count). The van der Waals surface area contributed by atoms with Crippen LogP contribution >= 0.6 is 0 Å². The highest BCUT2D eigenvalue weighted by atomic mass is 16.5. The standard InChI is InChI=1S/C14H20O5/c1-5-6-8(15)10-9(16)7-14(2,3)11(12(10)17)13(18)19-4/h10-11H,5-7H2,1-4H3/t10-,11-/m1/s1. The number of ether oxygens (including phenoxy) is 1. The summed E-state index contributed by atoms with van der Waals surface area (Å²) >= 11 is 0. The highest BCUT2D eigenvalue weighted by Crippen LogP contribution is 2.40. The van der Waals surface area contributed by atoms with E-state index in [4.69, 9.17) is 0 Å². The third-order valence-corrected chi connectivity index (χ3v) is 3.56. The van der Waals surface area contributed by atoms with Gasteiger partial charge in [-0.2, -0.15) is 0 Å². The lowest BCUT2D eigenvalue weighted by atomic mass is 9.63. The molecule has 0 aliphatic heterocycles. The van der Waals surface area contributed by atoms with Crippen molar-refractivity contribution in [3.8, 4) is 0 Å². The minimum absolute atomic E-state index is 0.0403. The van der Waals surface area contributed by atoms with Crippen molar-refractivity contribution in [2.45, 2.75) is 40.0 Å². The van der Waals surface area contributed by atoms with Crippen LogP contribution in [0, 0.1) is 17.3 Å². The number of esters is 1. The summed E-state index contributed by atoms with van der Waals surface area (Å²) in [6.07, 6.45) is 0.789. The topological polar surface area (TPSA) is 77.5 Å². The molecule has 0 aromatic heterocycles. The highest BCUT2D eigenvalue weighted by Gasteiger charge is 2.53. The molecule has 1 aliphatic carbocycles. The Labute approximate surface area is 112 Å². The van der Waals surface area contributed by atoms with Gasteiger partial charge < -0.3 is 4.74 Å². The van der Waals surface area contributed by atoms with Crippen LogP contribution < -0.4 is 0 Å². The van der Waals surface area contributed by atoms with Crippen LogP contribution in [-0.2, 0) is 23.9 Å². The first-order valence-electron chi connectivity index (χ1n) is 6.43. The van der Waals surface area contributed by atoms with Gasteiger partial charge in [-0.25, -0.2) is 0 Å². The van der Waals surface area contributed by atoms with Crippen molar-refractivity contribution in [1.29, 1.82) is 0 Å². The lowest BCUT2D eigenvalue weighted by Gasteiger charge is -2.37. The number of rotatable bonds is 4. The summed E-state index contributed by atoms with van der Waals surface area (Å²) in [6, 6.07) is 0. The van der Waals surface area contributed by atoms with Crippen LogP contribution in [-0.4, -0.2) is 30.4 Å². The van der Waals surface area contributed by atoms with Gasteiger partial charge >= 0.3 is 5.97 Å². The Morgan fingerprint density at radius 1 is 1.32 bits per heavy atom. The maximum Gasteiger partial charge on any atom is 0.316 e. The van der Waals surface area contributed by atoms with Gasteiger partial charge in [-0.15, -0.1) is 0 Å². The molecule has 19 heavy (non-hydrogen) atoms. The average Bonchev–Trinajstić information content (AvgIpc) is 2.26. The van der Waals surface area contributed by atoms with Crippen LogP contribution in [0.3, 0.4) is 0 Å². The van der Waals surface area contributed by atoms with Crippen LogP contribution in [0.25, 0.3) is 0 Å². The normalized spacial score (nSPS) is 26.1. The summed E-state index contributed by atoms with van der Waals surface area (Å²) in [5, 5.41) is 0. The fraction of sp³-hybridized carbons (Fsp3) is 0.714. The first-order chi connectivity index (χ1) is 8.76. The largest absolute Gasteiger partial charge is 0.468 e. The second-order valence-corrected chi connectivity index (χ2v) is 5.64. The first kappa shape index (κ1) is 15.5. The van der Waals surface area contributed by atoms with E-state index in [0.29, 0.717) is 6.42 Å². The number of ketones is 3. The van der Waals surface area contributed by atoms with E-state index >= 15 is 0 Å². The van der Waals surface area contributed by atoms with Gasteiger partial charge in [0.1, 0.15) is 11.8 Å². The number of methoxy groups -OCH3 is 1. The van der Waals surface area contributed by atoms with Crippen molar-refractivity contribution >= 4 is 23.3 Å². The van der Waals surface area contributed by atoms with Gasteiger partial charge in [0.05, 0.1) is 7.11 Å². The zero-order valence-electron chi connectivity index (χ0n) is 11.8. The molecule has 2 atom stereocenters. The monoisotopic (exact) mass is 268 g/mol. The lowest BCUT2D eigenvalue weighted by molar-refractivity contribution is -0.161. The molecule has 1 aliphatic rings. The summed E-state index contributed by atoms with van der Waals surface area (Å²) < 4.78 is 4.64. The van der Waals surface area contributed by atoms with E-state index in [2.05, 4.69) is 4.74 Å². The molecule has 0 N–H and O–H groups in total. The summed E-state index contributed by atoms with van der Waals surface area (Å²) in [7, 11) is 1.20. The molecule has 0 radical (unpaired) electrons. The average molecular weight is 268 g/mol. The van der Waals surface area contributed by atoms with Crippen molar-refractivity contribution in [2.24, 2.45) is 17.3 Å². The molecule has 0 spiro atoms. The second-order valence-electron chi connectivity index (χ2n) is 5.64. The van der Waals surface area contributed by atoms with Crippen LogP contribution in [0.5, 0.6) is 0 Å². The van der Waals surface area contributed by atoms with Gasteiger partial charge in [-0.05, 0) is 11.8 Å². The summed E-state index contributed by atoms with van der Waals surface area (Å²) in [4.78, 5) is 48.0. The molecular formula is C14H20O5. The Morgan fingerprint density at radius 3 is 2.37 bits per heavy atom. The highest BCUT2D eigenvalue weighted by molar-refractivity contribution is 6.25. The minimum atomic E-state index is -1.28. The van der Waals surface area contributed by atoms with Crippen molar-refractivity contribution in [2.75, 3.05) is 7.11 Å². The Bertz CT molecular complexity index is 422. The quantitative estimate of drug-likeness (QED) is 0.568. The number of Topliss-reactive ketones (excluding diaryl/α,β-unsaturated/α-hetero) is 3. The molecule has 0 amide bonds. The molecule has 0 bridgehead atoms. The van der Waals surface area contributed by atoms with Gasteiger partial charge in [-0.1, -0.05) is 20.8 Å². The fourth-order valence-electron chi connectivity index (χ4n) is 2.65. The summed E-state index contributed by atoms with van der Waals surface area (Å²) in [5.74, 6) is -4.36. The number of hydrogen-bond acceptors (Lipinski definition) is 5. The van der Waals surface area contributed by atoms with Crippen LogP contribution in [0.15, 0.2) is 0 Å². The molecule has 0 unspecified atom stereocenters. The molecule has 106 valence electrons. The maximum absolute atomic E-state index is 12.3. The van der Waals surface area contributed by atoms with E-state index in [1.807, 2.05) is 0 Å². The molecule has 5 heteroatoms. The minimum Gasteiger partial charge on any atom is -0.468 e. The molecule has 0 heterocycles. The Kier molecular flexibility index (Phi) is 4.61. The molecular weight excluding hydrogens is 248 g/mol. The summed E-state index contributed by atoms with van der Waals surface area (Å²) in [6.45, 7) is 5.15. The molecule has 0 saturated heterocycles. The van der Waals surface area contributed by atoms with Gasteiger partial charge in [0.25, 0.3) is 0 Å². The van der Waals surface area contributed by atoms with E-state index in [1.54, 1.807) is 20.8 Å². The van der Waals surface area contributed by atoms with Gasteiger partial charge in [0, 0.05) is 12.8 Å². The molecule has 0 aromatic carbocycles. The number of hydrogen-bond donors (Lipinski definition) is 0. The summed E-state index contributed by atoms with van der Waals surface area (Å²) in [5.41, 5.74) is -0.801. The third-order valence-electron chi connectivity index (χ3n) is 3.56. The predicted molar refractivity (Wildman–Crippen MR) is 67.3 cm³/mol. The van der Waals surface area contributed by atoms with Gasteiger partial charge in [-0.3, -0.25) is 19.2 Å². The molecule has 5 nitrogen and oxygen atoms in total.